The number of rotatable bonds is 5. The summed E-state index contributed by atoms with van der Waals surface area (Å²) in [5.74, 6) is -0.826. The number of piperazine rings is 1. The molecule has 0 atom stereocenters. The summed E-state index contributed by atoms with van der Waals surface area (Å²) in [6.45, 7) is 5.26. The van der Waals surface area contributed by atoms with Crippen molar-refractivity contribution in [2.24, 2.45) is 0 Å². The predicted molar refractivity (Wildman–Crippen MR) is 179 cm³/mol. The standard InChI is InChI=1S/C39H31F3N4/c1-25-33-4-2-3-5-35(33)46-36-24-32(18-19-34(36)43-37(38(25)46)26-6-12-29(40)13-7-26)44-20-22-45(23-21-44)39(27-8-14-30(41)15-9-27)28-10-16-31(42)17-11-28/h2-19,24,39H,20-23H2,1H3. The molecule has 46 heavy (non-hydrogen) atoms. The van der Waals surface area contributed by atoms with Crippen molar-refractivity contribution in [3.8, 4) is 11.3 Å². The highest BCUT2D eigenvalue weighted by Crippen LogP contribution is 2.37. The fraction of sp³-hybridized carbons (Fsp3) is 0.154. The molecular weight excluding hydrogens is 581 g/mol. The predicted octanol–water partition coefficient (Wildman–Crippen LogP) is 8.95. The van der Waals surface area contributed by atoms with Gasteiger partial charge in [0.25, 0.3) is 0 Å². The minimum Gasteiger partial charge on any atom is -0.369 e. The molecule has 1 fully saturated rings. The van der Waals surface area contributed by atoms with Crippen molar-refractivity contribution in [2.75, 3.05) is 31.1 Å². The first-order chi connectivity index (χ1) is 22.4. The van der Waals surface area contributed by atoms with E-state index in [0.29, 0.717) is 0 Å². The molecular formula is C39H31F3N4. The number of anilines is 1. The molecule has 0 amide bonds. The van der Waals surface area contributed by atoms with Gasteiger partial charge in [-0.25, -0.2) is 18.2 Å². The molecule has 7 heteroatoms. The van der Waals surface area contributed by atoms with Gasteiger partial charge >= 0.3 is 0 Å². The summed E-state index contributed by atoms with van der Waals surface area (Å²) in [5, 5.41) is 1.16. The molecule has 0 spiro atoms. The van der Waals surface area contributed by atoms with Crippen LogP contribution in [0.3, 0.4) is 0 Å². The van der Waals surface area contributed by atoms with Crippen LogP contribution in [0.15, 0.2) is 115 Å². The Labute approximate surface area is 265 Å². The van der Waals surface area contributed by atoms with Gasteiger partial charge in [-0.2, -0.15) is 0 Å². The number of hydrogen-bond donors (Lipinski definition) is 0. The quantitative estimate of drug-likeness (QED) is 0.194. The number of para-hydroxylation sites is 1. The largest absolute Gasteiger partial charge is 0.369 e. The number of nitrogens with zero attached hydrogens (tertiary/aromatic N) is 4. The van der Waals surface area contributed by atoms with Crippen LogP contribution in [0.25, 0.3) is 38.7 Å². The Hall–Kier alpha value is -5.14. The maximum atomic E-state index is 13.8. The van der Waals surface area contributed by atoms with Crippen molar-refractivity contribution in [1.29, 1.82) is 0 Å². The fourth-order valence-electron chi connectivity index (χ4n) is 7.04. The van der Waals surface area contributed by atoms with Crippen molar-refractivity contribution < 1.29 is 13.2 Å². The van der Waals surface area contributed by atoms with E-state index in [1.54, 1.807) is 12.1 Å². The van der Waals surface area contributed by atoms with Crippen LogP contribution in [-0.4, -0.2) is 40.5 Å². The molecule has 0 N–H and O–H groups in total. The molecule has 8 rings (SSSR count). The van der Waals surface area contributed by atoms with Crippen molar-refractivity contribution in [3.63, 3.8) is 0 Å². The van der Waals surface area contributed by atoms with E-state index in [2.05, 4.69) is 63.6 Å². The molecule has 228 valence electrons. The molecule has 2 aromatic heterocycles. The van der Waals surface area contributed by atoms with Crippen LogP contribution in [0.4, 0.5) is 18.9 Å². The Morgan fingerprint density at radius 3 is 1.85 bits per heavy atom. The van der Waals surface area contributed by atoms with Crippen LogP contribution in [0.1, 0.15) is 22.7 Å². The smallest absolute Gasteiger partial charge is 0.123 e. The molecule has 1 saturated heterocycles. The first-order valence-corrected chi connectivity index (χ1v) is 15.5. The Morgan fingerprint density at radius 1 is 0.630 bits per heavy atom. The summed E-state index contributed by atoms with van der Waals surface area (Å²) in [6.07, 6.45) is 0. The van der Waals surface area contributed by atoms with Gasteiger partial charge in [0, 0.05) is 42.8 Å². The van der Waals surface area contributed by atoms with E-state index in [1.807, 2.05) is 24.3 Å². The summed E-state index contributed by atoms with van der Waals surface area (Å²) in [5.41, 5.74) is 9.91. The number of halogens is 3. The second-order valence-electron chi connectivity index (χ2n) is 12.0. The third kappa shape index (κ3) is 4.88. The van der Waals surface area contributed by atoms with Crippen LogP contribution in [0.2, 0.25) is 0 Å². The van der Waals surface area contributed by atoms with Crippen LogP contribution >= 0.6 is 0 Å². The van der Waals surface area contributed by atoms with E-state index in [1.165, 1.54) is 36.4 Å². The lowest BCUT2D eigenvalue weighted by atomic mass is 9.96. The average molecular weight is 613 g/mol. The maximum absolute atomic E-state index is 13.8. The molecule has 0 bridgehead atoms. The van der Waals surface area contributed by atoms with Crippen molar-refractivity contribution in [3.05, 3.63) is 149 Å². The number of benzene rings is 5. The van der Waals surface area contributed by atoms with Crippen molar-refractivity contribution in [1.82, 2.24) is 14.3 Å². The van der Waals surface area contributed by atoms with Gasteiger partial charge in [-0.1, -0.05) is 42.5 Å². The molecule has 0 aliphatic carbocycles. The first kappa shape index (κ1) is 28.3. The number of hydrogen-bond acceptors (Lipinski definition) is 3. The molecule has 1 aliphatic heterocycles. The Balaban J connectivity index is 1.17. The van der Waals surface area contributed by atoms with Gasteiger partial charge in [-0.05, 0) is 96.4 Å². The van der Waals surface area contributed by atoms with Crippen LogP contribution < -0.4 is 4.90 Å². The fourth-order valence-corrected chi connectivity index (χ4v) is 7.04. The Kier molecular flexibility index (Phi) is 6.99. The first-order valence-electron chi connectivity index (χ1n) is 15.5. The van der Waals surface area contributed by atoms with Crippen molar-refractivity contribution >= 4 is 33.1 Å². The second kappa shape index (κ2) is 11.3. The zero-order valence-electron chi connectivity index (χ0n) is 25.3. The third-order valence-corrected chi connectivity index (χ3v) is 9.32. The highest BCUT2D eigenvalue weighted by atomic mass is 19.1. The number of aryl methyl sites for hydroxylation is 1. The van der Waals surface area contributed by atoms with Gasteiger partial charge in [-0.15, -0.1) is 0 Å². The SMILES string of the molecule is Cc1c2ccccc2n2c1c(-c1ccc(F)cc1)nc1ccc(N3CCN(C(c4ccc(F)cc4)c4ccc(F)cc4)CC3)cc12. The zero-order chi connectivity index (χ0) is 31.4. The lowest BCUT2D eigenvalue weighted by molar-refractivity contribution is 0.212. The maximum Gasteiger partial charge on any atom is 0.123 e. The highest BCUT2D eigenvalue weighted by Gasteiger charge is 2.27. The summed E-state index contributed by atoms with van der Waals surface area (Å²) in [6, 6.07) is 34.5. The molecule has 7 aromatic rings. The Morgan fingerprint density at radius 2 is 1.22 bits per heavy atom. The van der Waals surface area contributed by atoms with E-state index >= 15 is 0 Å². The topological polar surface area (TPSA) is 23.8 Å². The lowest BCUT2D eigenvalue weighted by Crippen LogP contribution is -2.48. The van der Waals surface area contributed by atoms with Gasteiger partial charge in [0.2, 0.25) is 0 Å². The molecule has 0 radical (unpaired) electrons. The molecule has 1 aliphatic rings. The van der Waals surface area contributed by atoms with Gasteiger partial charge in [0.05, 0.1) is 33.8 Å². The third-order valence-electron chi connectivity index (χ3n) is 9.32. The molecule has 3 heterocycles. The normalized spacial score (nSPS) is 14.2. The molecule has 5 aromatic carbocycles. The zero-order valence-corrected chi connectivity index (χ0v) is 25.3. The highest BCUT2D eigenvalue weighted by molar-refractivity contribution is 6.02. The monoisotopic (exact) mass is 612 g/mol. The van der Waals surface area contributed by atoms with E-state index < -0.39 is 0 Å². The molecule has 0 unspecified atom stereocenters. The Bertz CT molecular complexity index is 2150. The van der Waals surface area contributed by atoms with Gasteiger partial charge < -0.3 is 9.30 Å². The second-order valence-corrected chi connectivity index (χ2v) is 12.0. The van der Waals surface area contributed by atoms with E-state index in [4.69, 9.17) is 4.98 Å². The number of aromatic nitrogens is 2. The summed E-state index contributed by atoms with van der Waals surface area (Å²) < 4.78 is 43.8. The summed E-state index contributed by atoms with van der Waals surface area (Å²) in [7, 11) is 0. The lowest BCUT2D eigenvalue weighted by Gasteiger charge is -2.40. The van der Waals surface area contributed by atoms with E-state index in [-0.39, 0.29) is 23.5 Å². The van der Waals surface area contributed by atoms with Gasteiger partial charge in [0.1, 0.15) is 17.5 Å². The van der Waals surface area contributed by atoms with Crippen LogP contribution in [-0.2, 0) is 0 Å². The van der Waals surface area contributed by atoms with E-state index in [0.717, 1.165) is 87.3 Å². The van der Waals surface area contributed by atoms with Gasteiger partial charge in [0.15, 0.2) is 0 Å². The average Bonchev–Trinajstić information content (AvgIpc) is 3.39. The summed E-state index contributed by atoms with van der Waals surface area (Å²) >= 11 is 0. The molecule has 4 nitrogen and oxygen atoms in total. The summed E-state index contributed by atoms with van der Waals surface area (Å²) in [4.78, 5) is 9.91. The molecule has 0 saturated carbocycles. The minimum absolute atomic E-state index is 0.108. The van der Waals surface area contributed by atoms with Crippen molar-refractivity contribution in [2.45, 2.75) is 13.0 Å². The van der Waals surface area contributed by atoms with Crippen LogP contribution in [0.5, 0.6) is 0 Å². The van der Waals surface area contributed by atoms with E-state index in [9.17, 15) is 13.2 Å². The number of fused-ring (bicyclic) bond motifs is 5. The van der Waals surface area contributed by atoms with Crippen LogP contribution in [0, 0.1) is 24.4 Å². The minimum atomic E-state index is -0.276. The van der Waals surface area contributed by atoms with Gasteiger partial charge in [-0.3, -0.25) is 4.90 Å².